The van der Waals surface area contributed by atoms with Gasteiger partial charge in [-0.3, -0.25) is 9.69 Å². The number of carbonyl (C=O) groups is 1. The van der Waals surface area contributed by atoms with Gasteiger partial charge in [0.05, 0.1) is 32.2 Å². The number of ether oxygens (including phenoxy) is 2. The quantitative estimate of drug-likeness (QED) is 0.382. The molecule has 2 aromatic carbocycles. The van der Waals surface area contributed by atoms with Crippen LogP contribution in [0.4, 0.5) is 0 Å². The molecule has 1 atom stereocenters. The average molecular weight is 490 g/mol. The summed E-state index contributed by atoms with van der Waals surface area (Å²) in [5, 5.41) is 9.11. The maximum atomic E-state index is 12.9. The highest BCUT2D eigenvalue weighted by Gasteiger charge is 2.37. The fourth-order valence-electron chi connectivity index (χ4n) is 3.04. The lowest BCUT2D eigenvalue weighted by atomic mass is 10.2. The summed E-state index contributed by atoms with van der Waals surface area (Å²) in [7, 11) is 3.25. The van der Waals surface area contributed by atoms with E-state index in [4.69, 9.17) is 9.47 Å². The van der Waals surface area contributed by atoms with Gasteiger partial charge in [-0.05, 0) is 42.3 Å². The Labute approximate surface area is 189 Å². The second-order valence-electron chi connectivity index (χ2n) is 6.68. The fourth-order valence-corrected chi connectivity index (χ4v) is 4.63. The van der Waals surface area contributed by atoms with E-state index in [0.29, 0.717) is 17.5 Å². The number of thioether (sulfide) groups is 1. The van der Waals surface area contributed by atoms with E-state index in [-0.39, 0.29) is 11.2 Å². The van der Waals surface area contributed by atoms with Crippen LogP contribution in [0.3, 0.4) is 0 Å². The maximum Gasteiger partial charge on any atom is 0.242 e. The summed E-state index contributed by atoms with van der Waals surface area (Å²) in [6.07, 6.45) is 3.39. The van der Waals surface area contributed by atoms with Crippen molar-refractivity contribution in [3.05, 3.63) is 58.1 Å². The van der Waals surface area contributed by atoms with Crippen molar-refractivity contribution in [1.82, 2.24) is 4.90 Å². The van der Waals surface area contributed by atoms with Gasteiger partial charge in [-0.1, -0.05) is 53.2 Å². The molecule has 158 valence electrons. The third-order valence-corrected chi connectivity index (χ3v) is 6.33. The molecule has 1 aliphatic heterocycles. The van der Waals surface area contributed by atoms with Crippen molar-refractivity contribution < 1.29 is 14.3 Å². The van der Waals surface area contributed by atoms with E-state index in [1.807, 2.05) is 42.5 Å². The van der Waals surface area contributed by atoms with Crippen molar-refractivity contribution in [3.63, 3.8) is 0 Å². The molecule has 0 N–H and O–H groups in total. The second kappa shape index (κ2) is 10.6. The summed E-state index contributed by atoms with van der Waals surface area (Å²) in [5.41, 5.74) is 1.81. The predicted octanol–water partition coefficient (Wildman–Crippen LogP) is 5.10. The molecule has 30 heavy (non-hydrogen) atoms. The molecule has 1 aliphatic rings. The molecule has 2 aromatic rings. The second-order valence-corrected chi connectivity index (χ2v) is 8.77. The SMILES string of the molecule is CCCC1S/C(=N\N=C\c2cc(Br)ccc2OC)N(Cc2ccc(OC)cc2)C1=O. The van der Waals surface area contributed by atoms with Gasteiger partial charge >= 0.3 is 0 Å². The van der Waals surface area contributed by atoms with Gasteiger partial charge in [-0.15, -0.1) is 5.10 Å². The summed E-state index contributed by atoms with van der Waals surface area (Å²) in [4.78, 5) is 14.6. The molecule has 0 spiro atoms. The van der Waals surface area contributed by atoms with Gasteiger partial charge in [0.1, 0.15) is 11.5 Å². The Morgan fingerprint density at radius 1 is 1.17 bits per heavy atom. The lowest BCUT2D eigenvalue weighted by molar-refractivity contribution is -0.126. The normalized spacial score (nSPS) is 17.9. The van der Waals surface area contributed by atoms with Crippen LogP contribution in [-0.4, -0.2) is 41.7 Å². The van der Waals surface area contributed by atoms with E-state index >= 15 is 0 Å². The Hall–Kier alpha value is -2.32. The van der Waals surface area contributed by atoms with E-state index in [1.54, 1.807) is 25.3 Å². The van der Waals surface area contributed by atoms with Crippen molar-refractivity contribution in [2.45, 2.75) is 31.6 Å². The molecule has 1 fully saturated rings. The molecule has 1 saturated heterocycles. The first-order chi connectivity index (χ1) is 14.5. The van der Waals surface area contributed by atoms with Gasteiger partial charge < -0.3 is 9.47 Å². The zero-order chi connectivity index (χ0) is 21.5. The van der Waals surface area contributed by atoms with E-state index in [9.17, 15) is 4.79 Å². The topological polar surface area (TPSA) is 63.5 Å². The van der Waals surface area contributed by atoms with Gasteiger partial charge in [0.15, 0.2) is 5.17 Å². The van der Waals surface area contributed by atoms with Crippen molar-refractivity contribution >= 4 is 45.0 Å². The molecule has 1 unspecified atom stereocenters. The zero-order valence-electron chi connectivity index (χ0n) is 17.2. The molecule has 1 amide bonds. The molecule has 0 aliphatic carbocycles. The van der Waals surface area contributed by atoms with Crippen LogP contribution in [0.2, 0.25) is 0 Å². The van der Waals surface area contributed by atoms with Gasteiger partial charge in [0, 0.05) is 10.0 Å². The number of amidine groups is 1. The van der Waals surface area contributed by atoms with Gasteiger partial charge in [-0.25, -0.2) is 0 Å². The highest BCUT2D eigenvalue weighted by Crippen LogP contribution is 2.32. The zero-order valence-corrected chi connectivity index (χ0v) is 19.6. The van der Waals surface area contributed by atoms with E-state index in [2.05, 4.69) is 33.1 Å². The largest absolute Gasteiger partial charge is 0.497 e. The minimum absolute atomic E-state index is 0.0756. The van der Waals surface area contributed by atoms with Crippen molar-refractivity contribution in [2.75, 3.05) is 14.2 Å². The van der Waals surface area contributed by atoms with Crippen LogP contribution in [0.5, 0.6) is 11.5 Å². The van der Waals surface area contributed by atoms with Crippen LogP contribution < -0.4 is 9.47 Å². The molecule has 0 radical (unpaired) electrons. The monoisotopic (exact) mass is 489 g/mol. The van der Waals surface area contributed by atoms with Crippen LogP contribution in [0.1, 0.15) is 30.9 Å². The first-order valence-corrected chi connectivity index (χ1v) is 11.3. The van der Waals surface area contributed by atoms with Gasteiger partial charge in [-0.2, -0.15) is 5.10 Å². The van der Waals surface area contributed by atoms with Crippen LogP contribution in [0.15, 0.2) is 57.1 Å². The Kier molecular flexibility index (Phi) is 7.93. The maximum absolute atomic E-state index is 12.9. The molecule has 1 heterocycles. The van der Waals surface area contributed by atoms with Gasteiger partial charge in [0.25, 0.3) is 0 Å². The van der Waals surface area contributed by atoms with Crippen LogP contribution in [-0.2, 0) is 11.3 Å². The summed E-state index contributed by atoms with van der Waals surface area (Å²) in [5.74, 6) is 1.56. The number of benzene rings is 2. The predicted molar refractivity (Wildman–Crippen MR) is 126 cm³/mol. The van der Waals surface area contributed by atoms with Crippen molar-refractivity contribution in [3.8, 4) is 11.5 Å². The Balaban J connectivity index is 1.83. The summed E-state index contributed by atoms with van der Waals surface area (Å²) >= 11 is 4.93. The average Bonchev–Trinajstić information content (AvgIpc) is 3.04. The minimum atomic E-state index is -0.123. The third kappa shape index (κ3) is 5.43. The summed E-state index contributed by atoms with van der Waals surface area (Å²) < 4.78 is 11.5. The number of hydrogen-bond acceptors (Lipinski definition) is 6. The van der Waals surface area contributed by atoms with Gasteiger partial charge in [0.2, 0.25) is 5.91 Å². The lowest BCUT2D eigenvalue weighted by Crippen LogP contribution is -2.31. The molecule has 6 nitrogen and oxygen atoms in total. The Bertz CT molecular complexity index is 947. The highest BCUT2D eigenvalue weighted by atomic mass is 79.9. The summed E-state index contributed by atoms with van der Waals surface area (Å²) in [6.45, 7) is 2.53. The van der Waals surface area contributed by atoms with E-state index in [1.165, 1.54) is 11.8 Å². The van der Waals surface area contributed by atoms with E-state index < -0.39 is 0 Å². The van der Waals surface area contributed by atoms with Crippen LogP contribution in [0.25, 0.3) is 0 Å². The molecule has 3 rings (SSSR count). The fraction of sp³-hybridized carbons (Fsp3) is 0.318. The number of halogens is 1. The van der Waals surface area contributed by atoms with Crippen molar-refractivity contribution in [2.24, 2.45) is 10.2 Å². The number of methoxy groups -OCH3 is 2. The first kappa shape index (κ1) is 22.4. The first-order valence-electron chi connectivity index (χ1n) is 9.61. The molecule has 8 heteroatoms. The number of rotatable bonds is 8. The number of carbonyl (C=O) groups excluding carboxylic acids is 1. The van der Waals surface area contributed by atoms with E-state index in [0.717, 1.165) is 34.2 Å². The molecule has 0 aromatic heterocycles. The highest BCUT2D eigenvalue weighted by molar-refractivity contribution is 9.10. The number of amides is 1. The minimum Gasteiger partial charge on any atom is -0.497 e. The Morgan fingerprint density at radius 2 is 1.93 bits per heavy atom. The molecule has 0 saturated carbocycles. The molecular formula is C22H24BrN3O3S. The number of nitrogens with zero attached hydrogens (tertiary/aromatic N) is 3. The number of hydrogen-bond donors (Lipinski definition) is 0. The smallest absolute Gasteiger partial charge is 0.242 e. The standard InChI is InChI=1S/C22H24BrN3O3S/c1-4-5-20-21(27)26(14-15-6-9-18(28-2)10-7-15)22(30-20)25-24-13-16-12-17(23)8-11-19(16)29-3/h6-13,20H,4-5,14H2,1-3H3/b24-13+,25-22-. The molecular weight excluding hydrogens is 466 g/mol. The Morgan fingerprint density at radius 3 is 2.60 bits per heavy atom. The van der Waals surface area contributed by atoms with Crippen LogP contribution in [0, 0.1) is 0 Å². The van der Waals surface area contributed by atoms with Crippen molar-refractivity contribution in [1.29, 1.82) is 0 Å². The van der Waals surface area contributed by atoms with Crippen LogP contribution >= 0.6 is 27.7 Å². The summed E-state index contributed by atoms with van der Waals surface area (Å²) in [6, 6.07) is 13.4. The third-order valence-electron chi connectivity index (χ3n) is 4.60. The molecule has 0 bridgehead atoms. The lowest BCUT2D eigenvalue weighted by Gasteiger charge is -2.16.